The van der Waals surface area contributed by atoms with Gasteiger partial charge in [-0.05, 0) is 31.3 Å². The Labute approximate surface area is 71.0 Å². The van der Waals surface area contributed by atoms with Crippen LogP contribution in [0.3, 0.4) is 0 Å². The van der Waals surface area contributed by atoms with E-state index >= 15 is 0 Å². The first-order chi connectivity index (χ1) is 5.26. The van der Waals surface area contributed by atoms with Crippen LogP contribution in [0.15, 0.2) is 23.8 Å². The summed E-state index contributed by atoms with van der Waals surface area (Å²) >= 11 is 0. The molecule has 0 fully saturated rings. The van der Waals surface area contributed by atoms with Gasteiger partial charge in [-0.15, -0.1) is 0 Å². The first-order valence-electron chi connectivity index (χ1n) is 4.58. The summed E-state index contributed by atoms with van der Waals surface area (Å²) in [7, 11) is 0. The summed E-state index contributed by atoms with van der Waals surface area (Å²) in [5, 5.41) is 0. The van der Waals surface area contributed by atoms with Gasteiger partial charge in [0.25, 0.3) is 0 Å². The third-order valence-electron chi connectivity index (χ3n) is 1.98. The van der Waals surface area contributed by atoms with E-state index in [1.54, 1.807) is 0 Å². The molecule has 0 heterocycles. The summed E-state index contributed by atoms with van der Waals surface area (Å²) in [5.74, 6) is 0.714. The van der Waals surface area contributed by atoms with Crippen LogP contribution in [0.25, 0.3) is 0 Å². The van der Waals surface area contributed by atoms with E-state index in [1.807, 2.05) is 0 Å². The molecule has 0 saturated heterocycles. The zero-order chi connectivity index (χ0) is 8.69. The van der Waals surface area contributed by atoms with E-state index in [0.717, 1.165) is 6.42 Å². The van der Waals surface area contributed by atoms with Gasteiger partial charge in [0, 0.05) is 0 Å². The van der Waals surface area contributed by atoms with Crippen LogP contribution in [0.2, 0.25) is 0 Å². The van der Waals surface area contributed by atoms with Crippen molar-refractivity contribution in [2.24, 2.45) is 5.92 Å². The topological polar surface area (TPSA) is 0 Å². The molecule has 0 spiro atoms. The zero-order valence-corrected chi connectivity index (χ0v) is 8.22. The van der Waals surface area contributed by atoms with Gasteiger partial charge >= 0.3 is 0 Å². The fourth-order valence-electron chi connectivity index (χ4n) is 1.10. The Kier molecular flexibility index (Phi) is 5.91. The van der Waals surface area contributed by atoms with Crippen molar-refractivity contribution in [3.8, 4) is 0 Å². The second-order valence-corrected chi connectivity index (χ2v) is 2.92. The molecular formula is C11H20. The van der Waals surface area contributed by atoms with Gasteiger partial charge in [0.15, 0.2) is 0 Å². The normalized spacial score (nSPS) is 15.8. The first kappa shape index (κ1) is 10.5. The average Bonchev–Trinajstić information content (AvgIpc) is 2.03. The van der Waals surface area contributed by atoms with Crippen LogP contribution >= 0.6 is 0 Å². The monoisotopic (exact) mass is 152 g/mol. The van der Waals surface area contributed by atoms with Gasteiger partial charge in [0.2, 0.25) is 0 Å². The molecule has 0 nitrogen and oxygen atoms in total. The Balaban J connectivity index is 4.21. The Bertz CT molecular complexity index is 140. The van der Waals surface area contributed by atoms with Crippen LogP contribution in [-0.4, -0.2) is 0 Å². The third-order valence-corrected chi connectivity index (χ3v) is 1.98. The first-order valence-corrected chi connectivity index (χ1v) is 4.58. The smallest absolute Gasteiger partial charge is 0.0196 e. The molecule has 0 heteroatoms. The lowest BCUT2D eigenvalue weighted by molar-refractivity contribution is 0.667. The molecule has 1 unspecified atom stereocenters. The van der Waals surface area contributed by atoms with Gasteiger partial charge in [-0.25, -0.2) is 0 Å². The van der Waals surface area contributed by atoms with Gasteiger partial charge < -0.3 is 0 Å². The van der Waals surface area contributed by atoms with Crippen LogP contribution in [-0.2, 0) is 0 Å². The second kappa shape index (κ2) is 6.21. The molecule has 0 saturated carbocycles. The fourth-order valence-corrected chi connectivity index (χ4v) is 1.10. The Hall–Kier alpha value is -0.520. The molecule has 0 bridgehead atoms. The molecule has 11 heavy (non-hydrogen) atoms. The SMILES string of the molecule is C/C=C\C(=C/CC)C(C)CC. The molecule has 0 rings (SSSR count). The van der Waals surface area contributed by atoms with Crippen molar-refractivity contribution in [2.45, 2.75) is 40.5 Å². The van der Waals surface area contributed by atoms with E-state index in [0.29, 0.717) is 5.92 Å². The maximum Gasteiger partial charge on any atom is -0.0196 e. The molecule has 0 aromatic carbocycles. The molecular weight excluding hydrogens is 132 g/mol. The quantitative estimate of drug-likeness (QED) is 0.535. The fraction of sp³-hybridized carbons (Fsp3) is 0.636. The zero-order valence-electron chi connectivity index (χ0n) is 8.22. The Morgan fingerprint density at radius 2 is 2.00 bits per heavy atom. The van der Waals surface area contributed by atoms with E-state index in [2.05, 4.69) is 45.9 Å². The summed E-state index contributed by atoms with van der Waals surface area (Å²) in [6.07, 6.45) is 9.03. The van der Waals surface area contributed by atoms with Crippen molar-refractivity contribution in [3.05, 3.63) is 23.8 Å². The maximum atomic E-state index is 2.31. The second-order valence-electron chi connectivity index (χ2n) is 2.92. The number of hydrogen-bond acceptors (Lipinski definition) is 0. The molecule has 0 aromatic heterocycles. The molecule has 0 aromatic rings. The number of allylic oxidation sites excluding steroid dienone is 4. The standard InChI is InChI=1S/C11H20/c1-5-8-11(9-6-2)10(4)7-3/h5,8-10H,6-7H2,1-4H3/b8-5-,11-9+. The Morgan fingerprint density at radius 1 is 1.36 bits per heavy atom. The van der Waals surface area contributed by atoms with Gasteiger partial charge in [-0.3, -0.25) is 0 Å². The summed E-state index contributed by atoms with van der Waals surface area (Å²) in [4.78, 5) is 0. The maximum absolute atomic E-state index is 2.31. The summed E-state index contributed by atoms with van der Waals surface area (Å²) in [6, 6.07) is 0. The van der Waals surface area contributed by atoms with Crippen LogP contribution in [0, 0.1) is 5.92 Å². The highest BCUT2D eigenvalue weighted by Crippen LogP contribution is 2.15. The van der Waals surface area contributed by atoms with E-state index in [4.69, 9.17) is 0 Å². The number of rotatable bonds is 4. The molecule has 0 aliphatic carbocycles. The lowest BCUT2D eigenvalue weighted by atomic mass is 9.97. The summed E-state index contributed by atoms with van der Waals surface area (Å²) in [5.41, 5.74) is 1.48. The predicted molar refractivity (Wildman–Crippen MR) is 52.6 cm³/mol. The molecule has 64 valence electrons. The van der Waals surface area contributed by atoms with Crippen LogP contribution in [0.4, 0.5) is 0 Å². The molecule has 0 amide bonds. The largest absolute Gasteiger partial charge is 0.0874 e. The van der Waals surface area contributed by atoms with Crippen molar-refractivity contribution in [3.63, 3.8) is 0 Å². The van der Waals surface area contributed by atoms with E-state index < -0.39 is 0 Å². The Morgan fingerprint density at radius 3 is 2.36 bits per heavy atom. The number of hydrogen-bond donors (Lipinski definition) is 0. The lowest BCUT2D eigenvalue weighted by Gasteiger charge is -2.09. The van der Waals surface area contributed by atoms with Gasteiger partial charge in [0.1, 0.15) is 0 Å². The highest BCUT2D eigenvalue weighted by molar-refractivity contribution is 5.20. The van der Waals surface area contributed by atoms with Gasteiger partial charge in [-0.1, -0.05) is 39.0 Å². The minimum Gasteiger partial charge on any atom is -0.0874 e. The van der Waals surface area contributed by atoms with Crippen molar-refractivity contribution in [1.82, 2.24) is 0 Å². The average molecular weight is 152 g/mol. The molecule has 0 radical (unpaired) electrons. The van der Waals surface area contributed by atoms with Crippen molar-refractivity contribution >= 4 is 0 Å². The third kappa shape index (κ3) is 4.02. The predicted octanol–water partition coefficient (Wildman–Crippen LogP) is 3.95. The van der Waals surface area contributed by atoms with Gasteiger partial charge in [0.05, 0.1) is 0 Å². The molecule has 0 aliphatic rings. The highest BCUT2D eigenvalue weighted by atomic mass is 14.1. The molecule has 1 atom stereocenters. The van der Waals surface area contributed by atoms with E-state index in [1.165, 1.54) is 12.0 Å². The molecule has 0 N–H and O–H groups in total. The minimum atomic E-state index is 0.714. The van der Waals surface area contributed by atoms with Crippen molar-refractivity contribution < 1.29 is 0 Å². The highest BCUT2D eigenvalue weighted by Gasteiger charge is 2.00. The van der Waals surface area contributed by atoms with Crippen molar-refractivity contribution in [1.29, 1.82) is 0 Å². The van der Waals surface area contributed by atoms with Crippen LogP contribution in [0.1, 0.15) is 40.5 Å². The minimum absolute atomic E-state index is 0.714. The van der Waals surface area contributed by atoms with Crippen LogP contribution in [0.5, 0.6) is 0 Å². The van der Waals surface area contributed by atoms with Crippen molar-refractivity contribution in [2.75, 3.05) is 0 Å². The molecule has 0 aliphatic heterocycles. The van der Waals surface area contributed by atoms with E-state index in [-0.39, 0.29) is 0 Å². The van der Waals surface area contributed by atoms with Gasteiger partial charge in [-0.2, -0.15) is 0 Å². The summed E-state index contributed by atoms with van der Waals surface area (Å²) < 4.78 is 0. The van der Waals surface area contributed by atoms with E-state index in [9.17, 15) is 0 Å². The lowest BCUT2D eigenvalue weighted by Crippen LogP contribution is -1.94. The van der Waals surface area contributed by atoms with Crippen LogP contribution < -0.4 is 0 Å². The summed E-state index contributed by atoms with van der Waals surface area (Å²) in [6.45, 7) is 8.77.